The van der Waals surface area contributed by atoms with Gasteiger partial charge in [-0.3, -0.25) is 4.79 Å². The van der Waals surface area contributed by atoms with Crippen LogP contribution in [0.4, 0.5) is 4.39 Å². The Hall–Kier alpha value is -3.08. The molecule has 108 valence electrons. The van der Waals surface area contributed by atoms with Crippen molar-refractivity contribution in [2.24, 2.45) is 5.10 Å². The Morgan fingerprint density at radius 1 is 1.09 bits per heavy atom. The molecule has 4 nitrogen and oxygen atoms in total. The molecule has 5 heteroatoms. The highest BCUT2D eigenvalue weighted by atomic mass is 19.1. The third-order valence-electron chi connectivity index (χ3n) is 3.07. The predicted octanol–water partition coefficient (Wildman–Crippen LogP) is 3.14. The van der Waals surface area contributed by atoms with Crippen LogP contribution in [0, 0.1) is 5.82 Å². The Bertz CT molecular complexity index is 861. The van der Waals surface area contributed by atoms with Gasteiger partial charge in [-0.25, -0.2) is 14.8 Å². The van der Waals surface area contributed by atoms with Crippen molar-refractivity contribution in [3.8, 4) is 0 Å². The SMILES string of the molecule is O=C(N/N=C/c1ccc2ccccc2n1)c1cccc(F)c1. The highest BCUT2D eigenvalue weighted by Gasteiger charge is 2.04. The van der Waals surface area contributed by atoms with E-state index >= 15 is 0 Å². The number of amides is 1. The minimum absolute atomic E-state index is 0.212. The van der Waals surface area contributed by atoms with Gasteiger partial charge in [0.05, 0.1) is 17.4 Å². The van der Waals surface area contributed by atoms with E-state index in [2.05, 4.69) is 15.5 Å². The average Bonchev–Trinajstić information content (AvgIpc) is 2.54. The van der Waals surface area contributed by atoms with Crippen molar-refractivity contribution in [1.82, 2.24) is 10.4 Å². The Labute approximate surface area is 126 Å². The molecule has 0 spiro atoms. The number of hydrazone groups is 1. The van der Waals surface area contributed by atoms with E-state index in [1.165, 1.54) is 24.4 Å². The summed E-state index contributed by atoms with van der Waals surface area (Å²) in [7, 11) is 0. The van der Waals surface area contributed by atoms with Crippen LogP contribution in [-0.2, 0) is 0 Å². The van der Waals surface area contributed by atoms with Gasteiger partial charge in [-0.1, -0.05) is 30.3 Å². The fourth-order valence-corrected chi connectivity index (χ4v) is 2.01. The molecule has 1 heterocycles. The monoisotopic (exact) mass is 293 g/mol. The third kappa shape index (κ3) is 3.15. The first-order valence-electron chi connectivity index (χ1n) is 6.67. The van der Waals surface area contributed by atoms with E-state index in [0.29, 0.717) is 5.69 Å². The van der Waals surface area contributed by atoms with E-state index in [1.54, 1.807) is 6.07 Å². The van der Waals surface area contributed by atoms with E-state index in [0.717, 1.165) is 17.0 Å². The molecule has 1 N–H and O–H groups in total. The second-order valence-corrected chi connectivity index (χ2v) is 4.64. The van der Waals surface area contributed by atoms with Crippen molar-refractivity contribution in [1.29, 1.82) is 0 Å². The summed E-state index contributed by atoms with van der Waals surface area (Å²) in [6.07, 6.45) is 1.45. The Morgan fingerprint density at radius 2 is 1.95 bits per heavy atom. The number of hydrogen-bond donors (Lipinski definition) is 1. The number of fused-ring (bicyclic) bond motifs is 1. The first-order chi connectivity index (χ1) is 10.7. The topological polar surface area (TPSA) is 54.4 Å². The van der Waals surface area contributed by atoms with Crippen LogP contribution in [0.25, 0.3) is 10.9 Å². The normalized spacial score (nSPS) is 11.0. The van der Waals surface area contributed by atoms with Crippen molar-refractivity contribution in [2.45, 2.75) is 0 Å². The van der Waals surface area contributed by atoms with E-state index in [9.17, 15) is 9.18 Å². The zero-order valence-electron chi connectivity index (χ0n) is 11.5. The molecule has 0 aliphatic rings. The third-order valence-corrected chi connectivity index (χ3v) is 3.07. The molecule has 0 aliphatic heterocycles. The van der Waals surface area contributed by atoms with Crippen molar-refractivity contribution in [2.75, 3.05) is 0 Å². The minimum atomic E-state index is -0.475. The maximum Gasteiger partial charge on any atom is 0.271 e. The molecule has 1 aromatic heterocycles. The molecule has 2 aromatic carbocycles. The van der Waals surface area contributed by atoms with Crippen LogP contribution in [0.15, 0.2) is 65.8 Å². The summed E-state index contributed by atoms with van der Waals surface area (Å²) in [5.74, 6) is -0.940. The number of benzene rings is 2. The molecule has 22 heavy (non-hydrogen) atoms. The lowest BCUT2D eigenvalue weighted by atomic mass is 10.2. The fourth-order valence-electron chi connectivity index (χ4n) is 2.01. The Morgan fingerprint density at radius 3 is 2.82 bits per heavy atom. The van der Waals surface area contributed by atoms with Gasteiger partial charge in [-0.15, -0.1) is 0 Å². The summed E-state index contributed by atoms with van der Waals surface area (Å²) in [5.41, 5.74) is 4.03. The molecule has 0 saturated carbocycles. The number of pyridine rings is 1. The van der Waals surface area contributed by atoms with Gasteiger partial charge in [0, 0.05) is 10.9 Å². The number of halogens is 1. The number of nitrogens with one attached hydrogen (secondary N) is 1. The molecule has 3 rings (SSSR count). The van der Waals surface area contributed by atoms with E-state index in [-0.39, 0.29) is 5.56 Å². The molecule has 0 atom stereocenters. The summed E-state index contributed by atoms with van der Waals surface area (Å²) in [5, 5.41) is 4.88. The standard InChI is InChI=1S/C17H12FN3O/c18-14-6-3-5-13(10-14)17(22)21-19-11-15-9-8-12-4-1-2-7-16(12)20-15/h1-11H,(H,21,22)/b19-11+. The zero-order valence-corrected chi connectivity index (χ0v) is 11.5. The zero-order chi connectivity index (χ0) is 15.4. The van der Waals surface area contributed by atoms with Gasteiger partial charge in [-0.05, 0) is 30.3 Å². The molecular formula is C17H12FN3O. The van der Waals surface area contributed by atoms with Crippen LogP contribution in [0.5, 0.6) is 0 Å². The maximum absolute atomic E-state index is 13.0. The van der Waals surface area contributed by atoms with E-state index in [1.807, 2.05) is 30.3 Å². The van der Waals surface area contributed by atoms with Crippen LogP contribution < -0.4 is 5.43 Å². The molecular weight excluding hydrogens is 281 g/mol. The van der Waals surface area contributed by atoms with Crippen molar-refractivity contribution in [3.63, 3.8) is 0 Å². The smallest absolute Gasteiger partial charge is 0.267 e. The van der Waals surface area contributed by atoms with Gasteiger partial charge in [0.1, 0.15) is 5.82 Å². The number of nitrogens with zero attached hydrogens (tertiary/aromatic N) is 2. The van der Waals surface area contributed by atoms with Crippen molar-refractivity contribution >= 4 is 23.0 Å². The Balaban J connectivity index is 1.72. The molecule has 0 unspecified atom stereocenters. The second-order valence-electron chi connectivity index (χ2n) is 4.64. The van der Waals surface area contributed by atoms with Crippen LogP contribution >= 0.6 is 0 Å². The van der Waals surface area contributed by atoms with E-state index < -0.39 is 11.7 Å². The van der Waals surface area contributed by atoms with Gasteiger partial charge in [0.15, 0.2) is 0 Å². The lowest BCUT2D eigenvalue weighted by molar-refractivity contribution is 0.0954. The average molecular weight is 293 g/mol. The molecule has 0 radical (unpaired) electrons. The number of carbonyl (C=O) groups excluding carboxylic acids is 1. The lowest BCUT2D eigenvalue weighted by Gasteiger charge is -2.00. The molecule has 0 bridgehead atoms. The van der Waals surface area contributed by atoms with Crippen LogP contribution in [0.3, 0.4) is 0 Å². The van der Waals surface area contributed by atoms with E-state index in [4.69, 9.17) is 0 Å². The van der Waals surface area contributed by atoms with Crippen molar-refractivity contribution < 1.29 is 9.18 Å². The van der Waals surface area contributed by atoms with Crippen LogP contribution in [0.1, 0.15) is 16.1 Å². The maximum atomic E-state index is 13.0. The summed E-state index contributed by atoms with van der Waals surface area (Å²) >= 11 is 0. The number of carbonyl (C=O) groups is 1. The molecule has 0 fully saturated rings. The highest BCUT2D eigenvalue weighted by Crippen LogP contribution is 2.10. The van der Waals surface area contributed by atoms with Crippen LogP contribution in [0.2, 0.25) is 0 Å². The predicted molar refractivity (Wildman–Crippen MR) is 83.2 cm³/mol. The molecule has 1 amide bonds. The van der Waals surface area contributed by atoms with Crippen LogP contribution in [-0.4, -0.2) is 17.1 Å². The van der Waals surface area contributed by atoms with Gasteiger partial charge < -0.3 is 0 Å². The summed E-state index contributed by atoms with van der Waals surface area (Å²) in [6, 6.07) is 16.9. The fraction of sp³-hybridized carbons (Fsp3) is 0. The molecule has 3 aromatic rings. The van der Waals surface area contributed by atoms with Gasteiger partial charge in [-0.2, -0.15) is 5.10 Å². The summed E-state index contributed by atoms with van der Waals surface area (Å²) < 4.78 is 13.0. The highest BCUT2D eigenvalue weighted by molar-refractivity contribution is 5.94. The minimum Gasteiger partial charge on any atom is -0.267 e. The largest absolute Gasteiger partial charge is 0.271 e. The summed E-state index contributed by atoms with van der Waals surface area (Å²) in [6.45, 7) is 0. The summed E-state index contributed by atoms with van der Waals surface area (Å²) in [4.78, 5) is 16.2. The van der Waals surface area contributed by atoms with Gasteiger partial charge in [0.25, 0.3) is 5.91 Å². The van der Waals surface area contributed by atoms with Gasteiger partial charge >= 0.3 is 0 Å². The molecule has 0 aliphatic carbocycles. The number of hydrogen-bond acceptors (Lipinski definition) is 3. The number of aromatic nitrogens is 1. The lowest BCUT2D eigenvalue weighted by Crippen LogP contribution is -2.17. The first kappa shape index (κ1) is 13.9. The van der Waals surface area contributed by atoms with Gasteiger partial charge in [0.2, 0.25) is 0 Å². The number of para-hydroxylation sites is 1. The quantitative estimate of drug-likeness (QED) is 0.596. The second kappa shape index (κ2) is 6.13. The first-order valence-corrected chi connectivity index (χ1v) is 6.67. The Kier molecular flexibility index (Phi) is 3.87. The number of rotatable bonds is 3. The van der Waals surface area contributed by atoms with Crippen molar-refractivity contribution in [3.05, 3.63) is 77.7 Å². The molecule has 0 saturated heterocycles.